The third-order valence-corrected chi connectivity index (χ3v) is 1.88. The van der Waals surface area contributed by atoms with Crippen LogP contribution in [0.1, 0.15) is 17.9 Å². The molecule has 0 spiro atoms. The molecule has 2 rings (SSSR count). The van der Waals surface area contributed by atoms with Crippen molar-refractivity contribution in [2.75, 3.05) is 0 Å². The summed E-state index contributed by atoms with van der Waals surface area (Å²) in [7, 11) is 0. The molecule has 2 aromatic rings. The lowest BCUT2D eigenvalue weighted by Crippen LogP contribution is -1.95. The molecule has 0 saturated carbocycles. The lowest BCUT2D eigenvalue weighted by atomic mass is 10.3. The van der Waals surface area contributed by atoms with Crippen LogP contribution < -0.4 is 0 Å². The molecule has 0 bridgehead atoms. The summed E-state index contributed by atoms with van der Waals surface area (Å²) in [4.78, 5) is 8.16. The largest absolute Gasteiger partial charge is 0.255 e. The van der Waals surface area contributed by atoms with Gasteiger partial charge in [0.1, 0.15) is 6.33 Å². The topological polar surface area (TPSA) is 43.1 Å². The molecule has 0 saturated heterocycles. The fourth-order valence-electron chi connectivity index (χ4n) is 0.957. The summed E-state index contributed by atoms with van der Waals surface area (Å²) < 4.78 is 1.69. The van der Waals surface area contributed by atoms with Crippen LogP contribution in [0.4, 0.5) is 0 Å². The van der Waals surface area contributed by atoms with Crippen molar-refractivity contribution in [3.63, 3.8) is 0 Å². The molecule has 12 heavy (non-hydrogen) atoms. The zero-order valence-electron chi connectivity index (χ0n) is 6.55. The number of fused-ring (bicyclic) bond motifs is 1. The van der Waals surface area contributed by atoms with Gasteiger partial charge in [-0.2, -0.15) is 17.7 Å². The highest BCUT2D eigenvalue weighted by Crippen LogP contribution is 2.15. The number of hydrogen-bond donors (Lipinski definition) is 1. The van der Waals surface area contributed by atoms with E-state index in [1.807, 2.05) is 13.1 Å². The van der Waals surface area contributed by atoms with E-state index >= 15 is 0 Å². The highest BCUT2D eigenvalue weighted by molar-refractivity contribution is 7.80. The maximum absolute atomic E-state index is 4.27. The molecule has 62 valence electrons. The van der Waals surface area contributed by atoms with Crippen LogP contribution in [0.25, 0.3) is 5.65 Å². The Labute approximate surface area is 75.1 Å². The van der Waals surface area contributed by atoms with E-state index in [2.05, 4.69) is 27.7 Å². The van der Waals surface area contributed by atoms with Crippen LogP contribution in [-0.2, 0) is 0 Å². The maximum atomic E-state index is 4.27. The second kappa shape index (κ2) is 2.75. The highest BCUT2D eigenvalue weighted by atomic mass is 32.1. The van der Waals surface area contributed by atoms with Crippen molar-refractivity contribution in [3.8, 4) is 0 Å². The van der Waals surface area contributed by atoms with Gasteiger partial charge < -0.3 is 0 Å². The molecule has 2 aromatic heterocycles. The molecule has 1 atom stereocenters. The summed E-state index contributed by atoms with van der Waals surface area (Å²) >= 11 is 4.27. The first kappa shape index (κ1) is 7.54. The van der Waals surface area contributed by atoms with Crippen LogP contribution >= 0.6 is 12.6 Å². The second-order valence-electron chi connectivity index (χ2n) is 2.55. The van der Waals surface area contributed by atoms with E-state index in [9.17, 15) is 0 Å². The Bertz CT molecular complexity index is 395. The van der Waals surface area contributed by atoms with E-state index in [0.29, 0.717) is 0 Å². The lowest BCUT2D eigenvalue weighted by molar-refractivity contribution is 0.894. The van der Waals surface area contributed by atoms with E-state index in [1.54, 1.807) is 10.7 Å². The SMILES string of the molecule is CC(S)c1cn2ncnc2cn1. The van der Waals surface area contributed by atoms with Gasteiger partial charge >= 0.3 is 0 Å². The van der Waals surface area contributed by atoms with E-state index in [4.69, 9.17) is 0 Å². The highest BCUT2D eigenvalue weighted by Gasteiger charge is 2.02. The minimum absolute atomic E-state index is 0.124. The summed E-state index contributed by atoms with van der Waals surface area (Å²) in [5, 5.41) is 4.12. The molecule has 0 aliphatic rings. The summed E-state index contributed by atoms with van der Waals surface area (Å²) in [6.45, 7) is 1.97. The fraction of sp³-hybridized carbons (Fsp3) is 0.286. The lowest BCUT2D eigenvalue weighted by Gasteiger charge is -2.01. The van der Waals surface area contributed by atoms with Gasteiger partial charge in [0.05, 0.1) is 18.1 Å². The second-order valence-corrected chi connectivity index (χ2v) is 3.33. The quantitative estimate of drug-likeness (QED) is 0.669. The van der Waals surface area contributed by atoms with E-state index in [-0.39, 0.29) is 5.25 Å². The Morgan fingerprint density at radius 3 is 3.08 bits per heavy atom. The van der Waals surface area contributed by atoms with E-state index in [0.717, 1.165) is 11.3 Å². The fourth-order valence-corrected chi connectivity index (χ4v) is 1.09. The number of hydrogen-bond acceptors (Lipinski definition) is 4. The molecule has 0 aliphatic carbocycles. The molecule has 5 heteroatoms. The number of rotatable bonds is 1. The molecular formula is C7H8N4S. The molecule has 1 unspecified atom stereocenters. The monoisotopic (exact) mass is 180 g/mol. The van der Waals surface area contributed by atoms with Gasteiger partial charge in [-0.1, -0.05) is 0 Å². The first-order valence-corrected chi connectivity index (χ1v) is 4.12. The predicted molar refractivity (Wildman–Crippen MR) is 48.2 cm³/mol. The molecule has 0 aromatic carbocycles. The van der Waals surface area contributed by atoms with Crippen molar-refractivity contribution in [2.45, 2.75) is 12.2 Å². The van der Waals surface area contributed by atoms with Crippen LogP contribution in [0.5, 0.6) is 0 Å². The number of thiol groups is 1. The third kappa shape index (κ3) is 1.16. The average Bonchev–Trinajstić information content (AvgIpc) is 2.49. The van der Waals surface area contributed by atoms with Crippen LogP contribution in [0.2, 0.25) is 0 Å². The summed E-state index contributed by atoms with van der Waals surface area (Å²) in [5.74, 6) is 0. The molecule has 0 amide bonds. The summed E-state index contributed by atoms with van der Waals surface area (Å²) in [5.41, 5.74) is 1.66. The molecule has 0 N–H and O–H groups in total. The zero-order chi connectivity index (χ0) is 8.55. The predicted octanol–water partition coefficient (Wildman–Crippen LogP) is 1.12. The van der Waals surface area contributed by atoms with Crippen LogP contribution in [-0.4, -0.2) is 19.6 Å². The van der Waals surface area contributed by atoms with Crippen molar-refractivity contribution in [2.24, 2.45) is 0 Å². The van der Waals surface area contributed by atoms with E-state index < -0.39 is 0 Å². The normalized spacial score (nSPS) is 13.5. The summed E-state index contributed by atoms with van der Waals surface area (Å²) in [6.07, 6.45) is 5.03. The van der Waals surface area contributed by atoms with Crippen LogP contribution in [0.15, 0.2) is 18.7 Å². The number of nitrogens with zero attached hydrogens (tertiary/aromatic N) is 4. The standard InChI is InChI=1S/C7H8N4S/c1-5(12)6-3-11-7(2-8-6)9-4-10-11/h2-5,12H,1H3. The van der Waals surface area contributed by atoms with Gasteiger partial charge in [0.25, 0.3) is 0 Å². The van der Waals surface area contributed by atoms with Gasteiger partial charge in [-0.05, 0) is 6.92 Å². The number of aromatic nitrogens is 4. The van der Waals surface area contributed by atoms with Gasteiger partial charge in [0, 0.05) is 5.25 Å². The van der Waals surface area contributed by atoms with Crippen molar-refractivity contribution < 1.29 is 0 Å². The molecule has 0 radical (unpaired) electrons. The van der Waals surface area contributed by atoms with Crippen LogP contribution in [0, 0.1) is 0 Å². The molecular weight excluding hydrogens is 172 g/mol. The Balaban J connectivity index is 2.60. The van der Waals surface area contributed by atoms with Gasteiger partial charge in [0.2, 0.25) is 0 Å². The minimum atomic E-state index is 0.124. The van der Waals surface area contributed by atoms with Crippen molar-refractivity contribution in [1.82, 2.24) is 19.6 Å². The molecule has 2 heterocycles. The first-order valence-electron chi connectivity index (χ1n) is 3.61. The van der Waals surface area contributed by atoms with Gasteiger partial charge in [0.15, 0.2) is 5.65 Å². The molecule has 4 nitrogen and oxygen atoms in total. The van der Waals surface area contributed by atoms with Gasteiger partial charge in [-0.3, -0.25) is 4.98 Å². The minimum Gasteiger partial charge on any atom is -0.255 e. The zero-order valence-corrected chi connectivity index (χ0v) is 7.44. The van der Waals surface area contributed by atoms with Gasteiger partial charge in [-0.15, -0.1) is 0 Å². The van der Waals surface area contributed by atoms with Crippen LogP contribution in [0.3, 0.4) is 0 Å². The Morgan fingerprint density at radius 1 is 1.50 bits per heavy atom. The Kier molecular flexibility index (Phi) is 1.73. The third-order valence-electron chi connectivity index (χ3n) is 1.61. The molecule has 0 aliphatic heterocycles. The Hall–Kier alpha value is -1.10. The molecule has 0 fully saturated rings. The first-order chi connectivity index (χ1) is 5.77. The maximum Gasteiger partial charge on any atom is 0.173 e. The Morgan fingerprint density at radius 2 is 2.33 bits per heavy atom. The average molecular weight is 180 g/mol. The smallest absolute Gasteiger partial charge is 0.173 e. The van der Waals surface area contributed by atoms with Crippen molar-refractivity contribution in [1.29, 1.82) is 0 Å². The van der Waals surface area contributed by atoms with Crippen molar-refractivity contribution >= 4 is 18.3 Å². The van der Waals surface area contributed by atoms with E-state index in [1.165, 1.54) is 6.33 Å². The van der Waals surface area contributed by atoms with Crippen molar-refractivity contribution in [3.05, 3.63) is 24.4 Å². The summed E-state index contributed by atoms with van der Waals surface area (Å²) in [6, 6.07) is 0. The van der Waals surface area contributed by atoms with Gasteiger partial charge in [-0.25, -0.2) is 9.50 Å².